The molecule has 1 unspecified atom stereocenters. The summed E-state index contributed by atoms with van der Waals surface area (Å²) in [5.41, 5.74) is -0.907. The van der Waals surface area contributed by atoms with Gasteiger partial charge in [0.25, 0.3) is 0 Å². The fourth-order valence-electron chi connectivity index (χ4n) is 6.39. The molecular weight excluding hydrogens is 384 g/mol. The van der Waals surface area contributed by atoms with Crippen LogP contribution in [0.15, 0.2) is 12.7 Å². The predicted molar refractivity (Wildman–Crippen MR) is 114 cm³/mol. The van der Waals surface area contributed by atoms with Crippen LogP contribution in [-0.2, 0) is 9.53 Å². The maximum Gasteiger partial charge on any atom is 0.407 e. The molecule has 3 fully saturated rings. The van der Waals surface area contributed by atoms with E-state index in [4.69, 9.17) is 4.74 Å². The highest BCUT2D eigenvalue weighted by Crippen LogP contribution is 2.61. The van der Waals surface area contributed by atoms with E-state index in [0.717, 1.165) is 38.8 Å². The third-order valence-corrected chi connectivity index (χ3v) is 8.17. The Balaban J connectivity index is 1.79. The quantitative estimate of drug-likeness (QED) is 0.571. The number of carbonyl (C=O) groups excluding carboxylic acids is 2. The molecule has 3 rings (SSSR count). The zero-order valence-corrected chi connectivity index (χ0v) is 18.4. The minimum absolute atomic E-state index is 0.0562. The minimum atomic E-state index is -0.617. The Hall–Kier alpha value is -1.60. The summed E-state index contributed by atoms with van der Waals surface area (Å²) in [4.78, 5) is 27.0. The zero-order chi connectivity index (χ0) is 21.9. The van der Waals surface area contributed by atoms with E-state index in [1.807, 2.05) is 11.8 Å². The van der Waals surface area contributed by atoms with Crippen molar-refractivity contribution in [1.82, 2.24) is 10.2 Å². The van der Waals surface area contributed by atoms with Crippen molar-refractivity contribution < 1.29 is 24.5 Å². The standard InChI is InChI=1S/C23H38N2O5/c1-4-11-24-21(29)30-19-9-10-22(2)16(14-20(28)25-12-5-6-13-25)17(27)7-8-18(22)23(19,3)15-26/h4,16-19,26-27H,1,5-15H2,2-3H3,(H,24,29)/t16-,17-,18?,19-,22+,23+/m1/s1. The highest BCUT2D eigenvalue weighted by molar-refractivity contribution is 5.77. The van der Waals surface area contributed by atoms with E-state index in [9.17, 15) is 19.8 Å². The lowest BCUT2D eigenvalue weighted by Crippen LogP contribution is -2.61. The van der Waals surface area contributed by atoms with Gasteiger partial charge in [-0.05, 0) is 55.8 Å². The molecule has 0 radical (unpaired) electrons. The first-order valence-electron chi connectivity index (χ1n) is 11.4. The van der Waals surface area contributed by atoms with Crippen LogP contribution in [-0.4, -0.2) is 65.6 Å². The average Bonchev–Trinajstić information content (AvgIpc) is 3.26. The predicted octanol–water partition coefficient (Wildman–Crippen LogP) is 2.47. The minimum Gasteiger partial charge on any atom is -0.446 e. The lowest BCUT2D eigenvalue weighted by atomic mass is 9.46. The van der Waals surface area contributed by atoms with Crippen LogP contribution in [0.4, 0.5) is 4.79 Å². The van der Waals surface area contributed by atoms with Crippen LogP contribution in [0, 0.1) is 22.7 Å². The van der Waals surface area contributed by atoms with Crippen molar-refractivity contribution in [3.8, 4) is 0 Å². The second kappa shape index (κ2) is 9.27. The maximum atomic E-state index is 12.9. The summed E-state index contributed by atoms with van der Waals surface area (Å²) in [6.07, 6.45) is 5.32. The molecule has 0 aromatic carbocycles. The molecule has 0 bridgehead atoms. The van der Waals surface area contributed by atoms with Crippen molar-refractivity contribution in [1.29, 1.82) is 0 Å². The van der Waals surface area contributed by atoms with Crippen molar-refractivity contribution in [2.24, 2.45) is 22.7 Å². The molecular formula is C23H38N2O5. The van der Waals surface area contributed by atoms with E-state index in [-0.39, 0.29) is 29.8 Å². The molecule has 1 aliphatic heterocycles. The van der Waals surface area contributed by atoms with Crippen LogP contribution in [0.2, 0.25) is 0 Å². The number of aliphatic hydroxyl groups excluding tert-OH is 2. The van der Waals surface area contributed by atoms with Crippen LogP contribution in [0.25, 0.3) is 0 Å². The molecule has 30 heavy (non-hydrogen) atoms. The van der Waals surface area contributed by atoms with E-state index in [1.54, 1.807) is 6.08 Å². The van der Waals surface area contributed by atoms with Gasteiger partial charge in [0.15, 0.2) is 0 Å². The molecule has 6 atom stereocenters. The second-order valence-electron chi connectivity index (χ2n) is 9.87. The normalized spacial score (nSPS) is 38.6. The highest BCUT2D eigenvalue weighted by Gasteiger charge is 2.60. The van der Waals surface area contributed by atoms with Gasteiger partial charge in [0, 0.05) is 31.5 Å². The van der Waals surface area contributed by atoms with Gasteiger partial charge in [-0.25, -0.2) is 4.79 Å². The van der Waals surface area contributed by atoms with E-state index < -0.39 is 23.7 Å². The fraction of sp³-hybridized carbons (Fsp3) is 0.826. The Morgan fingerprint density at radius 3 is 2.57 bits per heavy atom. The second-order valence-corrected chi connectivity index (χ2v) is 9.87. The first kappa shape index (κ1) is 23.1. The van der Waals surface area contributed by atoms with Gasteiger partial charge in [0.2, 0.25) is 5.91 Å². The lowest BCUT2D eigenvalue weighted by Gasteiger charge is -2.60. The molecule has 170 valence electrons. The van der Waals surface area contributed by atoms with Crippen LogP contribution in [0.5, 0.6) is 0 Å². The number of fused-ring (bicyclic) bond motifs is 1. The number of aliphatic hydroxyl groups is 2. The van der Waals surface area contributed by atoms with E-state index >= 15 is 0 Å². The van der Waals surface area contributed by atoms with Gasteiger partial charge in [-0.2, -0.15) is 0 Å². The number of carbonyl (C=O) groups is 2. The molecule has 1 heterocycles. The number of likely N-dealkylation sites (tertiary alicyclic amines) is 1. The van der Waals surface area contributed by atoms with Gasteiger partial charge in [0.05, 0.1) is 12.7 Å². The van der Waals surface area contributed by atoms with E-state index in [2.05, 4.69) is 18.8 Å². The number of nitrogens with one attached hydrogen (secondary N) is 1. The van der Waals surface area contributed by atoms with Crippen molar-refractivity contribution in [3.05, 3.63) is 12.7 Å². The fourth-order valence-corrected chi connectivity index (χ4v) is 6.39. The molecule has 3 aliphatic rings. The first-order valence-corrected chi connectivity index (χ1v) is 11.4. The lowest BCUT2D eigenvalue weighted by molar-refractivity contribution is -0.187. The van der Waals surface area contributed by atoms with Gasteiger partial charge in [-0.3, -0.25) is 4.79 Å². The molecule has 0 aromatic heterocycles. The third-order valence-electron chi connectivity index (χ3n) is 8.17. The van der Waals surface area contributed by atoms with Crippen LogP contribution in [0.1, 0.15) is 58.8 Å². The number of alkyl carbamates (subject to hydrolysis) is 1. The molecule has 2 saturated carbocycles. The summed E-state index contributed by atoms with van der Waals surface area (Å²) < 4.78 is 5.72. The summed E-state index contributed by atoms with van der Waals surface area (Å²) in [7, 11) is 0. The molecule has 0 spiro atoms. The van der Waals surface area contributed by atoms with Gasteiger partial charge in [0.1, 0.15) is 6.10 Å². The van der Waals surface area contributed by atoms with Crippen molar-refractivity contribution >= 4 is 12.0 Å². The number of rotatable bonds is 6. The highest BCUT2D eigenvalue weighted by atomic mass is 16.6. The Labute approximate surface area is 179 Å². The third kappa shape index (κ3) is 4.24. The Morgan fingerprint density at radius 1 is 1.23 bits per heavy atom. The number of nitrogens with zero attached hydrogens (tertiary/aromatic N) is 1. The topological polar surface area (TPSA) is 99.1 Å². The summed E-state index contributed by atoms with van der Waals surface area (Å²) in [6.45, 7) is 9.58. The first-order chi connectivity index (χ1) is 14.3. The molecule has 7 nitrogen and oxygen atoms in total. The monoisotopic (exact) mass is 422 g/mol. The molecule has 7 heteroatoms. The summed E-state index contributed by atoms with van der Waals surface area (Å²) in [5.74, 6) is 0.0396. The van der Waals surface area contributed by atoms with Gasteiger partial charge >= 0.3 is 6.09 Å². The molecule has 3 N–H and O–H groups in total. The number of amides is 2. The Kier molecular flexibility index (Phi) is 7.13. The van der Waals surface area contributed by atoms with E-state index in [0.29, 0.717) is 25.8 Å². The van der Waals surface area contributed by atoms with E-state index in [1.165, 1.54) is 0 Å². The zero-order valence-electron chi connectivity index (χ0n) is 18.4. The van der Waals surface area contributed by atoms with Crippen molar-refractivity contribution in [3.63, 3.8) is 0 Å². The van der Waals surface area contributed by atoms with Gasteiger partial charge in [-0.1, -0.05) is 19.9 Å². The molecule has 2 aliphatic carbocycles. The summed E-state index contributed by atoms with van der Waals surface area (Å²) >= 11 is 0. The Morgan fingerprint density at radius 2 is 1.93 bits per heavy atom. The Bertz CT molecular complexity index is 650. The number of hydrogen-bond donors (Lipinski definition) is 3. The maximum absolute atomic E-state index is 12.9. The SMILES string of the molecule is C=CCNC(=O)O[C@@H]1CC[C@]2(C)C(CC[C@@H](O)[C@H]2CC(=O)N2CCCC2)[C@]1(C)CO. The van der Waals surface area contributed by atoms with Gasteiger partial charge in [-0.15, -0.1) is 6.58 Å². The van der Waals surface area contributed by atoms with Crippen LogP contribution < -0.4 is 5.32 Å². The van der Waals surface area contributed by atoms with Crippen LogP contribution in [0.3, 0.4) is 0 Å². The molecule has 1 saturated heterocycles. The largest absolute Gasteiger partial charge is 0.446 e. The molecule has 2 amide bonds. The smallest absolute Gasteiger partial charge is 0.407 e. The van der Waals surface area contributed by atoms with Crippen molar-refractivity contribution in [2.45, 2.75) is 71.0 Å². The number of ether oxygens (including phenoxy) is 1. The van der Waals surface area contributed by atoms with Crippen molar-refractivity contribution in [2.75, 3.05) is 26.2 Å². The summed E-state index contributed by atoms with van der Waals surface area (Å²) in [5, 5.41) is 23.9. The summed E-state index contributed by atoms with van der Waals surface area (Å²) in [6, 6.07) is 0. The van der Waals surface area contributed by atoms with Crippen LogP contribution >= 0.6 is 0 Å². The molecule has 0 aromatic rings. The average molecular weight is 423 g/mol. The van der Waals surface area contributed by atoms with Gasteiger partial charge < -0.3 is 25.2 Å². The number of hydrogen-bond acceptors (Lipinski definition) is 5.